The molecule has 1 aromatic rings. The van der Waals surface area contributed by atoms with Crippen molar-refractivity contribution in [2.24, 2.45) is 0 Å². The third kappa shape index (κ3) is 3.11. The normalized spacial score (nSPS) is 17.9. The molecule has 0 bridgehead atoms. The summed E-state index contributed by atoms with van der Waals surface area (Å²) in [6.45, 7) is 3.59. The zero-order valence-electron chi connectivity index (χ0n) is 10.3. The van der Waals surface area contributed by atoms with Crippen molar-refractivity contribution in [1.82, 2.24) is 9.80 Å². The molecule has 98 valence electrons. The molecule has 1 aliphatic rings. The van der Waals surface area contributed by atoms with Gasteiger partial charge in [0.05, 0.1) is 12.1 Å². The van der Waals surface area contributed by atoms with Crippen LogP contribution in [-0.4, -0.2) is 55.4 Å². The maximum absolute atomic E-state index is 13.4. The van der Waals surface area contributed by atoms with Crippen LogP contribution in [0.1, 0.15) is 10.4 Å². The van der Waals surface area contributed by atoms with Crippen LogP contribution < -0.4 is 0 Å². The number of halogens is 2. The Labute approximate surface area is 105 Å². The second-order valence-corrected chi connectivity index (χ2v) is 4.63. The van der Waals surface area contributed by atoms with E-state index in [9.17, 15) is 13.6 Å². The lowest BCUT2D eigenvalue weighted by Gasteiger charge is -2.31. The van der Waals surface area contributed by atoms with Gasteiger partial charge in [-0.3, -0.25) is 9.69 Å². The molecule has 1 aromatic carbocycles. The standard InChI is InChI=1S/C13H16F2N2O/c1-16-4-6-17(7-5-16)9-13(18)11-3-2-10(14)8-12(11)15/h2-3,8H,4-7,9H2,1H3. The van der Waals surface area contributed by atoms with E-state index in [2.05, 4.69) is 4.90 Å². The molecule has 1 aliphatic heterocycles. The van der Waals surface area contributed by atoms with E-state index in [1.165, 1.54) is 6.07 Å². The predicted molar refractivity (Wildman–Crippen MR) is 64.6 cm³/mol. The van der Waals surface area contributed by atoms with Gasteiger partial charge < -0.3 is 4.90 Å². The molecule has 0 atom stereocenters. The smallest absolute Gasteiger partial charge is 0.179 e. The Kier molecular flexibility index (Phi) is 4.04. The Balaban J connectivity index is 1.99. The van der Waals surface area contributed by atoms with Crippen molar-refractivity contribution in [3.8, 4) is 0 Å². The molecular weight excluding hydrogens is 238 g/mol. The Morgan fingerprint density at radius 2 is 1.89 bits per heavy atom. The lowest BCUT2D eigenvalue weighted by atomic mass is 10.1. The molecule has 0 unspecified atom stereocenters. The monoisotopic (exact) mass is 254 g/mol. The summed E-state index contributed by atoms with van der Waals surface area (Å²) < 4.78 is 26.2. The third-order valence-corrected chi connectivity index (χ3v) is 3.19. The van der Waals surface area contributed by atoms with Gasteiger partial charge in [-0.2, -0.15) is 0 Å². The first-order valence-electron chi connectivity index (χ1n) is 5.95. The molecule has 0 radical (unpaired) electrons. The fraction of sp³-hybridized carbons (Fsp3) is 0.462. The first kappa shape index (κ1) is 13.1. The summed E-state index contributed by atoms with van der Waals surface area (Å²) in [4.78, 5) is 16.1. The molecule has 3 nitrogen and oxygen atoms in total. The summed E-state index contributed by atoms with van der Waals surface area (Å²) >= 11 is 0. The highest BCUT2D eigenvalue weighted by Crippen LogP contribution is 2.11. The quantitative estimate of drug-likeness (QED) is 0.762. The minimum atomic E-state index is -0.783. The van der Waals surface area contributed by atoms with Gasteiger partial charge in [0.15, 0.2) is 5.78 Å². The van der Waals surface area contributed by atoms with Gasteiger partial charge in [-0.1, -0.05) is 0 Å². The van der Waals surface area contributed by atoms with E-state index >= 15 is 0 Å². The van der Waals surface area contributed by atoms with E-state index in [0.717, 1.165) is 38.3 Å². The Morgan fingerprint density at radius 1 is 1.22 bits per heavy atom. The van der Waals surface area contributed by atoms with E-state index in [4.69, 9.17) is 0 Å². The van der Waals surface area contributed by atoms with E-state index in [0.29, 0.717) is 0 Å². The molecule has 0 aromatic heterocycles. The van der Waals surface area contributed by atoms with Crippen molar-refractivity contribution in [3.05, 3.63) is 35.4 Å². The number of carbonyl (C=O) groups excluding carboxylic acids is 1. The van der Waals surface area contributed by atoms with Crippen molar-refractivity contribution in [3.63, 3.8) is 0 Å². The van der Waals surface area contributed by atoms with Gasteiger partial charge in [0, 0.05) is 32.2 Å². The van der Waals surface area contributed by atoms with Crippen LogP contribution in [0.5, 0.6) is 0 Å². The van der Waals surface area contributed by atoms with Gasteiger partial charge in [-0.05, 0) is 19.2 Å². The minimum absolute atomic E-state index is 0.0321. The maximum Gasteiger partial charge on any atom is 0.179 e. The number of carbonyl (C=O) groups is 1. The van der Waals surface area contributed by atoms with Gasteiger partial charge in [0.1, 0.15) is 11.6 Å². The van der Waals surface area contributed by atoms with E-state index in [1.54, 1.807) is 0 Å². The molecular formula is C13H16F2N2O. The van der Waals surface area contributed by atoms with Crippen LogP contribution in [0.4, 0.5) is 8.78 Å². The van der Waals surface area contributed by atoms with Crippen LogP contribution in [0.25, 0.3) is 0 Å². The zero-order chi connectivity index (χ0) is 13.1. The summed E-state index contributed by atoms with van der Waals surface area (Å²) in [5.74, 6) is -1.74. The molecule has 1 saturated heterocycles. The number of Topliss-reactive ketones (excluding diaryl/α,β-unsaturated/α-hetero) is 1. The first-order valence-corrected chi connectivity index (χ1v) is 5.95. The second kappa shape index (κ2) is 5.54. The third-order valence-electron chi connectivity index (χ3n) is 3.19. The number of rotatable bonds is 3. The molecule has 0 spiro atoms. The lowest BCUT2D eigenvalue weighted by Crippen LogP contribution is -2.46. The second-order valence-electron chi connectivity index (χ2n) is 4.63. The molecule has 1 heterocycles. The number of hydrogen-bond donors (Lipinski definition) is 0. The average molecular weight is 254 g/mol. The minimum Gasteiger partial charge on any atom is -0.304 e. The summed E-state index contributed by atoms with van der Waals surface area (Å²) in [7, 11) is 2.03. The van der Waals surface area contributed by atoms with Crippen molar-refractivity contribution < 1.29 is 13.6 Å². The van der Waals surface area contributed by atoms with Crippen molar-refractivity contribution in [2.75, 3.05) is 39.8 Å². The molecule has 0 N–H and O–H groups in total. The molecule has 0 saturated carbocycles. The molecule has 1 fully saturated rings. The maximum atomic E-state index is 13.4. The number of piperazine rings is 1. The van der Waals surface area contributed by atoms with Crippen LogP contribution in [0.2, 0.25) is 0 Å². The lowest BCUT2D eigenvalue weighted by molar-refractivity contribution is 0.0872. The fourth-order valence-electron chi connectivity index (χ4n) is 2.01. The van der Waals surface area contributed by atoms with Crippen LogP contribution in [0.15, 0.2) is 18.2 Å². The number of benzene rings is 1. The highest BCUT2D eigenvalue weighted by Gasteiger charge is 2.19. The Morgan fingerprint density at radius 3 is 2.50 bits per heavy atom. The summed E-state index contributed by atoms with van der Waals surface area (Å²) in [5, 5.41) is 0. The summed E-state index contributed by atoms with van der Waals surface area (Å²) in [5.41, 5.74) is -0.0321. The molecule has 5 heteroatoms. The van der Waals surface area contributed by atoms with Gasteiger partial charge in [0.25, 0.3) is 0 Å². The molecule has 0 amide bonds. The van der Waals surface area contributed by atoms with Crippen LogP contribution in [-0.2, 0) is 0 Å². The van der Waals surface area contributed by atoms with E-state index < -0.39 is 11.6 Å². The van der Waals surface area contributed by atoms with Crippen LogP contribution in [0.3, 0.4) is 0 Å². The molecule has 18 heavy (non-hydrogen) atoms. The first-order chi connectivity index (χ1) is 8.56. The Bertz CT molecular complexity index is 443. The molecule has 2 rings (SSSR count). The van der Waals surface area contributed by atoms with Gasteiger partial charge in [-0.25, -0.2) is 8.78 Å². The zero-order valence-corrected chi connectivity index (χ0v) is 10.3. The number of likely N-dealkylation sites (N-methyl/N-ethyl adjacent to an activating group) is 1. The highest BCUT2D eigenvalue weighted by molar-refractivity contribution is 5.97. The number of nitrogens with zero attached hydrogens (tertiary/aromatic N) is 2. The van der Waals surface area contributed by atoms with Crippen LogP contribution in [0, 0.1) is 11.6 Å². The fourth-order valence-corrected chi connectivity index (χ4v) is 2.01. The van der Waals surface area contributed by atoms with Gasteiger partial charge in [0.2, 0.25) is 0 Å². The van der Waals surface area contributed by atoms with Crippen molar-refractivity contribution >= 4 is 5.78 Å². The highest BCUT2D eigenvalue weighted by atomic mass is 19.1. The SMILES string of the molecule is CN1CCN(CC(=O)c2ccc(F)cc2F)CC1. The predicted octanol–water partition coefficient (Wildman–Crippen LogP) is 1.39. The van der Waals surface area contributed by atoms with Gasteiger partial charge in [-0.15, -0.1) is 0 Å². The Hall–Kier alpha value is -1.33. The van der Waals surface area contributed by atoms with E-state index in [-0.39, 0.29) is 17.9 Å². The van der Waals surface area contributed by atoms with Crippen molar-refractivity contribution in [2.45, 2.75) is 0 Å². The van der Waals surface area contributed by atoms with Crippen molar-refractivity contribution in [1.29, 1.82) is 0 Å². The van der Waals surface area contributed by atoms with Gasteiger partial charge >= 0.3 is 0 Å². The topological polar surface area (TPSA) is 23.6 Å². The largest absolute Gasteiger partial charge is 0.304 e. The number of hydrogen-bond acceptors (Lipinski definition) is 3. The molecule has 0 aliphatic carbocycles. The summed E-state index contributed by atoms with van der Waals surface area (Å²) in [6.07, 6.45) is 0. The summed E-state index contributed by atoms with van der Waals surface area (Å²) in [6, 6.07) is 3.07. The van der Waals surface area contributed by atoms with E-state index in [1.807, 2.05) is 11.9 Å². The number of ketones is 1. The average Bonchev–Trinajstić information content (AvgIpc) is 2.32. The van der Waals surface area contributed by atoms with Crippen LogP contribution >= 0.6 is 0 Å².